The molecule has 0 radical (unpaired) electrons. The number of hydrogen-bond acceptors (Lipinski definition) is 2. The topological polar surface area (TPSA) is 34.4 Å². The number of fused-ring (bicyclic) bond motifs is 1. The first kappa shape index (κ1) is 12.2. The van der Waals surface area contributed by atoms with Crippen LogP contribution in [0.2, 0.25) is 5.02 Å². The van der Waals surface area contributed by atoms with E-state index in [-0.39, 0.29) is 5.56 Å². The number of halogens is 1. The largest absolute Gasteiger partial charge is 0.269 e. The van der Waals surface area contributed by atoms with Crippen LogP contribution < -0.4 is 5.56 Å². The first-order valence-electron chi connectivity index (χ1n) is 7.90. The first-order valence-corrected chi connectivity index (χ1v) is 8.28. The average Bonchev–Trinajstić information content (AvgIpc) is 2.62. The monoisotopic (exact) mass is 300 g/mol. The Hall–Kier alpha value is -1.35. The Bertz CT molecular complexity index is 798. The summed E-state index contributed by atoms with van der Waals surface area (Å²) in [5.74, 6) is 2.53. The van der Waals surface area contributed by atoms with Crippen LogP contribution in [0.1, 0.15) is 55.2 Å². The van der Waals surface area contributed by atoms with Crippen molar-refractivity contribution in [3.05, 3.63) is 45.0 Å². The zero-order valence-corrected chi connectivity index (χ0v) is 12.5. The number of hydrogen-bond donors (Lipinski definition) is 0. The zero-order chi connectivity index (χ0) is 14.1. The Morgan fingerprint density at radius 1 is 1.05 bits per heavy atom. The van der Waals surface area contributed by atoms with Crippen molar-refractivity contribution in [3.8, 4) is 0 Å². The van der Waals surface area contributed by atoms with Crippen LogP contribution in [0.5, 0.6) is 0 Å². The molecule has 2 atom stereocenters. The van der Waals surface area contributed by atoms with Gasteiger partial charge in [-0.15, -0.1) is 0 Å². The van der Waals surface area contributed by atoms with Gasteiger partial charge in [0.2, 0.25) is 0 Å². The smallest absolute Gasteiger partial charge is 0.261 e. The van der Waals surface area contributed by atoms with Crippen molar-refractivity contribution in [2.45, 2.75) is 43.9 Å². The fourth-order valence-corrected chi connectivity index (χ4v) is 5.31. The molecule has 4 heteroatoms. The predicted molar refractivity (Wildman–Crippen MR) is 82.0 cm³/mol. The molecular weight excluding hydrogens is 284 g/mol. The second-order valence-corrected chi connectivity index (χ2v) is 7.53. The lowest BCUT2D eigenvalue weighted by Crippen LogP contribution is -2.27. The molecule has 6 rings (SSSR count). The van der Waals surface area contributed by atoms with Crippen LogP contribution in [0.15, 0.2) is 23.1 Å². The molecule has 2 heterocycles. The fourth-order valence-electron chi connectivity index (χ4n) is 5.15. The second kappa shape index (κ2) is 4.10. The summed E-state index contributed by atoms with van der Waals surface area (Å²) in [6, 6.07) is 3.68. The molecule has 0 aliphatic heterocycles. The lowest BCUT2D eigenvalue weighted by atomic mass is 9.67. The molecule has 4 aliphatic carbocycles. The summed E-state index contributed by atoms with van der Waals surface area (Å²) in [6.45, 7) is 0. The molecule has 21 heavy (non-hydrogen) atoms. The van der Waals surface area contributed by atoms with Crippen molar-refractivity contribution in [2.24, 2.45) is 11.8 Å². The fraction of sp³-hybridized carbons (Fsp3) is 0.529. The molecule has 0 N–H and O–H groups in total. The lowest BCUT2D eigenvalue weighted by molar-refractivity contribution is 0.165. The highest BCUT2D eigenvalue weighted by Gasteiger charge is 2.44. The number of rotatable bonds is 0. The summed E-state index contributed by atoms with van der Waals surface area (Å²) in [4.78, 5) is 17.9. The van der Waals surface area contributed by atoms with Gasteiger partial charge >= 0.3 is 0 Å². The molecule has 0 amide bonds. The molecule has 0 spiro atoms. The maximum atomic E-state index is 13.0. The zero-order valence-electron chi connectivity index (χ0n) is 11.8. The molecule has 0 saturated heterocycles. The van der Waals surface area contributed by atoms with Crippen molar-refractivity contribution < 1.29 is 0 Å². The van der Waals surface area contributed by atoms with Crippen LogP contribution in [-0.4, -0.2) is 9.38 Å². The van der Waals surface area contributed by atoms with E-state index in [4.69, 9.17) is 16.6 Å². The van der Waals surface area contributed by atoms with E-state index in [9.17, 15) is 4.79 Å². The highest BCUT2D eigenvalue weighted by molar-refractivity contribution is 6.30. The van der Waals surface area contributed by atoms with E-state index in [2.05, 4.69) is 0 Å². The summed E-state index contributed by atoms with van der Waals surface area (Å²) < 4.78 is 1.65. The van der Waals surface area contributed by atoms with Gasteiger partial charge in [0.1, 0.15) is 5.65 Å². The lowest BCUT2D eigenvalue weighted by Gasteiger charge is -2.38. The Labute approximate surface area is 128 Å². The Morgan fingerprint density at radius 2 is 1.76 bits per heavy atom. The van der Waals surface area contributed by atoms with Gasteiger partial charge in [0, 0.05) is 17.7 Å². The van der Waals surface area contributed by atoms with E-state index in [0.717, 1.165) is 28.7 Å². The minimum atomic E-state index is 0.121. The van der Waals surface area contributed by atoms with E-state index in [1.165, 1.54) is 32.1 Å². The summed E-state index contributed by atoms with van der Waals surface area (Å²) >= 11 is 6.06. The van der Waals surface area contributed by atoms with Gasteiger partial charge in [-0.05, 0) is 62.0 Å². The summed E-state index contributed by atoms with van der Waals surface area (Å²) in [7, 11) is 0. The van der Waals surface area contributed by atoms with Crippen LogP contribution in [0.3, 0.4) is 0 Å². The molecule has 2 aromatic rings. The molecule has 108 valence electrons. The predicted octanol–water partition coefficient (Wildman–Crippen LogP) is 3.74. The highest BCUT2D eigenvalue weighted by atomic mass is 35.5. The van der Waals surface area contributed by atoms with Crippen molar-refractivity contribution in [1.29, 1.82) is 0 Å². The minimum absolute atomic E-state index is 0.121. The number of nitrogens with zero attached hydrogens (tertiary/aromatic N) is 2. The van der Waals surface area contributed by atoms with Crippen molar-refractivity contribution in [1.82, 2.24) is 9.38 Å². The maximum absolute atomic E-state index is 13.0. The number of aromatic nitrogens is 2. The van der Waals surface area contributed by atoms with Crippen molar-refractivity contribution in [2.75, 3.05) is 0 Å². The summed E-state index contributed by atoms with van der Waals surface area (Å²) in [6.07, 6.45) is 7.91. The maximum Gasteiger partial charge on any atom is 0.261 e. The van der Waals surface area contributed by atoms with Crippen LogP contribution in [0, 0.1) is 11.8 Å². The van der Waals surface area contributed by atoms with E-state index in [1.54, 1.807) is 10.6 Å². The third-order valence-corrected chi connectivity index (χ3v) is 6.01. The van der Waals surface area contributed by atoms with E-state index < -0.39 is 0 Å². The first-order chi connectivity index (χ1) is 10.2. The molecule has 0 aromatic carbocycles. The van der Waals surface area contributed by atoms with Crippen molar-refractivity contribution in [3.63, 3.8) is 0 Å². The molecule has 2 aromatic heterocycles. The summed E-state index contributed by atoms with van der Waals surface area (Å²) in [5, 5.41) is 0.589. The molecule has 4 aliphatic rings. The average molecular weight is 301 g/mol. The van der Waals surface area contributed by atoms with Gasteiger partial charge in [-0.2, -0.15) is 0 Å². The summed E-state index contributed by atoms with van der Waals surface area (Å²) in [5.41, 5.74) is 2.97. The highest BCUT2D eigenvalue weighted by Crippen LogP contribution is 2.54. The van der Waals surface area contributed by atoms with Crippen LogP contribution in [0.4, 0.5) is 0 Å². The van der Waals surface area contributed by atoms with E-state index >= 15 is 0 Å². The minimum Gasteiger partial charge on any atom is -0.269 e. The molecular formula is C17H17ClN2O. The third kappa shape index (κ3) is 1.67. The van der Waals surface area contributed by atoms with Crippen LogP contribution >= 0.6 is 11.6 Å². The van der Waals surface area contributed by atoms with Gasteiger partial charge < -0.3 is 0 Å². The van der Waals surface area contributed by atoms with Crippen LogP contribution in [0.25, 0.3) is 5.65 Å². The molecule has 3 nitrogen and oxygen atoms in total. The van der Waals surface area contributed by atoms with Gasteiger partial charge in [-0.3, -0.25) is 9.20 Å². The van der Waals surface area contributed by atoms with Gasteiger partial charge in [0.25, 0.3) is 5.56 Å². The Balaban J connectivity index is 1.85. The van der Waals surface area contributed by atoms with E-state index in [0.29, 0.717) is 16.9 Å². The normalized spacial score (nSPS) is 33.2. The quantitative estimate of drug-likeness (QED) is 0.743. The van der Waals surface area contributed by atoms with E-state index in [1.807, 2.05) is 12.1 Å². The molecule has 4 bridgehead atoms. The van der Waals surface area contributed by atoms with Gasteiger partial charge in [-0.1, -0.05) is 11.6 Å². The molecule has 2 unspecified atom stereocenters. The Kier molecular flexibility index (Phi) is 2.38. The molecule has 2 saturated carbocycles. The second-order valence-electron chi connectivity index (χ2n) is 7.10. The standard InChI is InChI=1S/C17H17ClN2O/c18-13-1-2-14-19-16-12-6-9-3-10(7-12)5-11(4-9)15(16)17(21)20(14)8-13/h1-2,8-12H,3-7H2. The SMILES string of the molecule is O=c1c2c(nc3ccc(Cl)cn13)C1CC3CC(C1)CC2C3. The van der Waals surface area contributed by atoms with Crippen molar-refractivity contribution >= 4 is 17.2 Å². The van der Waals surface area contributed by atoms with Gasteiger partial charge in [-0.25, -0.2) is 4.98 Å². The number of pyridine rings is 1. The third-order valence-electron chi connectivity index (χ3n) is 5.78. The Morgan fingerprint density at radius 3 is 2.52 bits per heavy atom. The van der Waals surface area contributed by atoms with Gasteiger partial charge in [0.15, 0.2) is 0 Å². The van der Waals surface area contributed by atoms with Crippen LogP contribution in [-0.2, 0) is 0 Å². The van der Waals surface area contributed by atoms with Gasteiger partial charge in [0.05, 0.1) is 10.7 Å². The molecule has 2 fully saturated rings.